The van der Waals surface area contributed by atoms with Gasteiger partial charge in [-0.15, -0.1) is 6.58 Å². The first kappa shape index (κ1) is 12.2. The summed E-state index contributed by atoms with van der Waals surface area (Å²) in [7, 11) is 0. The van der Waals surface area contributed by atoms with Crippen molar-refractivity contribution < 1.29 is 9.53 Å². The van der Waals surface area contributed by atoms with Gasteiger partial charge in [-0.3, -0.25) is 4.79 Å². The molecule has 1 N–H and O–H groups in total. The molecule has 0 aromatic carbocycles. The third kappa shape index (κ3) is 3.67. The summed E-state index contributed by atoms with van der Waals surface area (Å²) in [5.74, 6) is 0.0884. The predicted molar refractivity (Wildman–Crippen MR) is 60.5 cm³/mol. The van der Waals surface area contributed by atoms with E-state index in [1.807, 2.05) is 26.8 Å². The second-order valence-electron chi connectivity index (χ2n) is 5.03. The maximum absolute atomic E-state index is 11.9. The fourth-order valence-electron chi connectivity index (χ4n) is 1.80. The van der Waals surface area contributed by atoms with Crippen LogP contribution in [0.15, 0.2) is 12.7 Å². The van der Waals surface area contributed by atoms with Gasteiger partial charge in [0.1, 0.15) is 5.60 Å². The first-order valence-corrected chi connectivity index (χ1v) is 5.50. The normalized spacial score (nSPS) is 27.1. The fraction of sp³-hybridized carbons (Fsp3) is 0.750. The zero-order valence-corrected chi connectivity index (χ0v) is 9.88. The van der Waals surface area contributed by atoms with Crippen molar-refractivity contribution in [3.05, 3.63) is 12.7 Å². The van der Waals surface area contributed by atoms with E-state index in [-0.39, 0.29) is 17.8 Å². The number of hydrogen-bond donors (Lipinski definition) is 1. The molecule has 2 atom stereocenters. The first-order valence-electron chi connectivity index (χ1n) is 5.50. The van der Waals surface area contributed by atoms with Crippen molar-refractivity contribution in [2.75, 3.05) is 13.1 Å². The first-order chi connectivity index (χ1) is 6.94. The Balaban J connectivity index is 2.60. The van der Waals surface area contributed by atoms with Crippen molar-refractivity contribution in [1.29, 1.82) is 0 Å². The Morgan fingerprint density at radius 2 is 2.20 bits per heavy atom. The smallest absolute Gasteiger partial charge is 0.310 e. The van der Waals surface area contributed by atoms with Crippen LogP contribution in [0.1, 0.15) is 27.2 Å². The van der Waals surface area contributed by atoms with Crippen molar-refractivity contribution in [1.82, 2.24) is 5.32 Å². The van der Waals surface area contributed by atoms with E-state index in [2.05, 4.69) is 11.9 Å². The Kier molecular flexibility index (Phi) is 3.91. The Morgan fingerprint density at radius 3 is 2.73 bits per heavy atom. The van der Waals surface area contributed by atoms with E-state index in [4.69, 9.17) is 4.74 Å². The van der Waals surface area contributed by atoms with Gasteiger partial charge >= 0.3 is 5.97 Å². The number of rotatable bonds is 2. The number of piperidine rings is 1. The molecule has 3 heteroatoms. The van der Waals surface area contributed by atoms with Gasteiger partial charge in [0, 0.05) is 12.5 Å². The van der Waals surface area contributed by atoms with E-state index in [1.54, 1.807) is 0 Å². The molecule has 0 spiro atoms. The molecule has 3 nitrogen and oxygen atoms in total. The SMILES string of the molecule is C=CC1CNCCC1C(=O)OC(C)(C)C. The van der Waals surface area contributed by atoms with Gasteiger partial charge in [-0.05, 0) is 33.7 Å². The average molecular weight is 211 g/mol. The molecule has 0 radical (unpaired) electrons. The second-order valence-corrected chi connectivity index (χ2v) is 5.03. The van der Waals surface area contributed by atoms with Crippen LogP contribution in [0, 0.1) is 11.8 Å². The standard InChI is InChI=1S/C12H21NO2/c1-5-9-8-13-7-6-10(9)11(14)15-12(2,3)4/h5,9-10,13H,1,6-8H2,2-4H3. The lowest BCUT2D eigenvalue weighted by atomic mass is 9.86. The number of carbonyl (C=O) groups excluding carboxylic acids is 1. The number of carbonyl (C=O) groups is 1. The number of nitrogens with one attached hydrogen (secondary N) is 1. The third-order valence-corrected chi connectivity index (χ3v) is 2.54. The Labute approximate surface area is 91.9 Å². The van der Waals surface area contributed by atoms with Gasteiger partial charge in [-0.25, -0.2) is 0 Å². The molecule has 15 heavy (non-hydrogen) atoms. The van der Waals surface area contributed by atoms with Crippen molar-refractivity contribution in [2.24, 2.45) is 11.8 Å². The van der Waals surface area contributed by atoms with Crippen LogP contribution in [-0.2, 0) is 9.53 Å². The lowest BCUT2D eigenvalue weighted by Crippen LogP contribution is -2.41. The fourth-order valence-corrected chi connectivity index (χ4v) is 1.80. The highest BCUT2D eigenvalue weighted by atomic mass is 16.6. The minimum Gasteiger partial charge on any atom is -0.460 e. The van der Waals surface area contributed by atoms with Crippen molar-refractivity contribution in [3.8, 4) is 0 Å². The number of hydrogen-bond acceptors (Lipinski definition) is 3. The van der Waals surface area contributed by atoms with Gasteiger partial charge in [0.2, 0.25) is 0 Å². The second kappa shape index (κ2) is 4.79. The summed E-state index contributed by atoms with van der Waals surface area (Å²) < 4.78 is 5.39. The van der Waals surface area contributed by atoms with Crippen LogP contribution in [-0.4, -0.2) is 24.7 Å². The summed E-state index contributed by atoms with van der Waals surface area (Å²) in [6, 6.07) is 0. The summed E-state index contributed by atoms with van der Waals surface area (Å²) in [5, 5.41) is 3.25. The molecule has 0 aromatic rings. The van der Waals surface area contributed by atoms with Crippen LogP contribution in [0.4, 0.5) is 0 Å². The molecule has 1 saturated heterocycles. The van der Waals surface area contributed by atoms with Crippen LogP contribution in [0.25, 0.3) is 0 Å². The number of esters is 1. The van der Waals surface area contributed by atoms with Gasteiger partial charge in [0.05, 0.1) is 5.92 Å². The van der Waals surface area contributed by atoms with Crippen LogP contribution in [0.5, 0.6) is 0 Å². The molecule has 1 aliphatic heterocycles. The molecule has 1 heterocycles. The van der Waals surface area contributed by atoms with Gasteiger partial charge in [-0.1, -0.05) is 6.08 Å². The van der Waals surface area contributed by atoms with Gasteiger partial charge in [0.25, 0.3) is 0 Å². The lowest BCUT2D eigenvalue weighted by molar-refractivity contribution is -0.162. The monoisotopic (exact) mass is 211 g/mol. The predicted octanol–water partition coefficient (Wildman–Crippen LogP) is 1.74. The number of ether oxygens (including phenoxy) is 1. The summed E-state index contributed by atoms with van der Waals surface area (Å²) >= 11 is 0. The van der Waals surface area contributed by atoms with Gasteiger partial charge in [-0.2, -0.15) is 0 Å². The minimum atomic E-state index is -0.395. The van der Waals surface area contributed by atoms with Crippen molar-refractivity contribution >= 4 is 5.97 Å². The maximum Gasteiger partial charge on any atom is 0.310 e. The average Bonchev–Trinajstić information content (AvgIpc) is 2.15. The van der Waals surface area contributed by atoms with Gasteiger partial charge in [0.15, 0.2) is 0 Å². The topological polar surface area (TPSA) is 38.3 Å². The van der Waals surface area contributed by atoms with E-state index < -0.39 is 5.60 Å². The largest absolute Gasteiger partial charge is 0.460 e. The summed E-state index contributed by atoms with van der Waals surface area (Å²) in [5.41, 5.74) is -0.395. The lowest BCUT2D eigenvalue weighted by Gasteiger charge is -2.31. The van der Waals surface area contributed by atoms with Crippen LogP contribution < -0.4 is 5.32 Å². The van der Waals surface area contributed by atoms with E-state index in [0.717, 1.165) is 19.5 Å². The molecule has 0 aliphatic carbocycles. The van der Waals surface area contributed by atoms with E-state index in [9.17, 15) is 4.79 Å². The highest BCUT2D eigenvalue weighted by molar-refractivity contribution is 5.73. The highest BCUT2D eigenvalue weighted by Crippen LogP contribution is 2.23. The van der Waals surface area contributed by atoms with E-state index in [0.29, 0.717) is 0 Å². The molecule has 0 aromatic heterocycles. The molecule has 86 valence electrons. The molecular formula is C12H21NO2. The van der Waals surface area contributed by atoms with Crippen LogP contribution in [0.3, 0.4) is 0 Å². The van der Waals surface area contributed by atoms with Crippen LogP contribution in [0.2, 0.25) is 0 Å². The molecule has 0 bridgehead atoms. The molecule has 1 aliphatic rings. The summed E-state index contributed by atoms with van der Waals surface area (Å²) in [6.07, 6.45) is 2.69. The van der Waals surface area contributed by atoms with Crippen molar-refractivity contribution in [2.45, 2.75) is 32.8 Å². The molecular weight excluding hydrogens is 190 g/mol. The van der Waals surface area contributed by atoms with Crippen molar-refractivity contribution in [3.63, 3.8) is 0 Å². The summed E-state index contributed by atoms with van der Waals surface area (Å²) in [6.45, 7) is 11.2. The summed E-state index contributed by atoms with van der Waals surface area (Å²) in [4.78, 5) is 11.9. The van der Waals surface area contributed by atoms with E-state index in [1.165, 1.54) is 0 Å². The molecule has 0 amide bonds. The van der Waals surface area contributed by atoms with Crippen LogP contribution >= 0.6 is 0 Å². The maximum atomic E-state index is 11.9. The molecule has 0 saturated carbocycles. The Hall–Kier alpha value is -0.830. The van der Waals surface area contributed by atoms with E-state index >= 15 is 0 Å². The third-order valence-electron chi connectivity index (χ3n) is 2.54. The molecule has 2 unspecified atom stereocenters. The Morgan fingerprint density at radius 1 is 1.53 bits per heavy atom. The zero-order chi connectivity index (χ0) is 11.5. The quantitative estimate of drug-likeness (QED) is 0.558. The molecule has 1 fully saturated rings. The van der Waals surface area contributed by atoms with Gasteiger partial charge < -0.3 is 10.1 Å². The molecule has 1 rings (SSSR count). The zero-order valence-electron chi connectivity index (χ0n) is 9.88. The Bertz CT molecular complexity index is 242. The minimum absolute atomic E-state index is 0.0250. The highest BCUT2D eigenvalue weighted by Gasteiger charge is 2.32.